The van der Waals surface area contributed by atoms with Gasteiger partial charge in [0.25, 0.3) is 5.91 Å². The average molecular weight is 538 g/mol. The van der Waals surface area contributed by atoms with E-state index in [-0.39, 0.29) is 17.3 Å². The minimum absolute atomic E-state index is 0.00655. The van der Waals surface area contributed by atoms with E-state index in [1.807, 2.05) is 25.1 Å². The van der Waals surface area contributed by atoms with E-state index in [0.29, 0.717) is 34.8 Å². The monoisotopic (exact) mass is 537 g/mol. The number of likely N-dealkylation sites (tertiary alicyclic amines) is 1. The number of piperidine rings is 1. The number of hydrogen-bond donors (Lipinski definition) is 1. The molecule has 3 aromatic rings. The second kappa shape index (κ2) is 11.6. The number of nitrogen functional groups attached to an aromatic ring is 1. The van der Waals surface area contributed by atoms with Gasteiger partial charge in [-0.25, -0.2) is 4.98 Å². The van der Waals surface area contributed by atoms with Gasteiger partial charge in [0.05, 0.1) is 0 Å². The third-order valence-corrected chi connectivity index (χ3v) is 7.15. The zero-order valence-corrected chi connectivity index (χ0v) is 22.7. The SMILES string of the molecule is C/C(=C\c1c(-c2ccc(N)nc2C(F)(F)F)ccnc1C)CN1CCC(c2ccc(C(=O)N(C)C)cc2)CC1. The minimum atomic E-state index is -4.63. The fourth-order valence-corrected chi connectivity index (χ4v) is 5.13. The van der Waals surface area contributed by atoms with Crippen molar-refractivity contribution < 1.29 is 18.0 Å². The topological polar surface area (TPSA) is 75.3 Å². The summed E-state index contributed by atoms with van der Waals surface area (Å²) >= 11 is 0. The summed E-state index contributed by atoms with van der Waals surface area (Å²) in [5, 5.41) is 0. The number of pyridine rings is 2. The molecule has 1 aliphatic rings. The Morgan fingerprint density at radius 2 is 1.74 bits per heavy atom. The van der Waals surface area contributed by atoms with E-state index in [2.05, 4.69) is 27.0 Å². The smallest absolute Gasteiger partial charge is 0.384 e. The van der Waals surface area contributed by atoms with Gasteiger partial charge >= 0.3 is 6.18 Å². The van der Waals surface area contributed by atoms with Crippen molar-refractivity contribution in [2.45, 2.75) is 38.8 Å². The molecule has 0 bridgehead atoms. The van der Waals surface area contributed by atoms with E-state index in [4.69, 9.17) is 5.73 Å². The zero-order chi connectivity index (χ0) is 28.3. The van der Waals surface area contributed by atoms with Crippen LogP contribution in [0.25, 0.3) is 17.2 Å². The Morgan fingerprint density at radius 1 is 1.08 bits per heavy atom. The second-order valence-electron chi connectivity index (χ2n) is 10.4. The minimum Gasteiger partial charge on any atom is -0.384 e. The number of aryl methyl sites for hydroxylation is 1. The van der Waals surface area contributed by atoms with Crippen molar-refractivity contribution in [3.05, 3.63) is 82.3 Å². The predicted molar refractivity (Wildman–Crippen MR) is 148 cm³/mol. The molecule has 6 nitrogen and oxygen atoms in total. The molecule has 2 aromatic heterocycles. The Bertz CT molecular complexity index is 1360. The van der Waals surface area contributed by atoms with Gasteiger partial charge in [-0.05, 0) is 87.2 Å². The molecule has 39 heavy (non-hydrogen) atoms. The molecule has 0 spiro atoms. The first-order valence-electron chi connectivity index (χ1n) is 12.9. The highest BCUT2D eigenvalue weighted by molar-refractivity contribution is 5.93. The van der Waals surface area contributed by atoms with E-state index in [1.54, 1.807) is 32.0 Å². The van der Waals surface area contributed by atoms with Crippen molar-refractivity contribution >= 4 is 17.8 Å². The van der Waals surface area contributed by atoms with Crippen LogP contribution in [0.3, 0.4) is 0 Å². The second-order valence-corrected chi connectivity index (χ2v) is 10.4. The molecule has 1 aliphatic heterocycles. The maximum Gasteiger partial charge on any atom is 0.434 e. The van der Waals surface area contributed by atoms with Crippen molar-refractivity contribution in [1.82, 2.24) is 19.8 Å². The number of hydrogen-bond acceptors (Lipinski definition) is 5. The molecule has 0 radical (unpaired) electrons. The van der Waals surface area contributed by atoms with Crippen LogP contribution >= 0.6 is 0 Å². The molecule has 1 fully saturated rings. The Balaban J connectivity index is 1.48. The number of anilines is 1. The van der Waals surface area contributed by atoms with Crippen LogP contribution in [-0.4, -0.2) is 59.4 Å². The summed E-state index contributed by atoms with van der Waals surface area (Å²) < 4.78 is 41.4. The molecule has 1 amide bonds. The molecule has 9 heteroatoms. The molecule has 1 aromatic carbocycles. The number of halogens is 3. The summed E-state index contributed by atoms with van der Waals surface area (Å²) in [7, 11) is 3.49. The van der Waals surface area contributed by atoms with E-state index in [0.717, 1.165) is 31.5 Å². The molecule has 3 heterocycles. The van der Waals surface area contributed by atoms with Crippen molar-refractivity contribution in [3.8, 4) is 11.1 Å². The van der Waals surface area contributed by atoms with E-state index in [1.165, 1.54) is 23.9 Å². The molecular weight excluding hydrogens is 503 g/mol. The first-order valence-corrected chi connectivity index (χ1v) is 12.9. The largest absolute Gasteiger partial charge is 0.434 e. The number of nitrogens with zero attached hydrogens (tertiary/aromatic N) is 4. The van der Waals surface area contributed by atoms with Crippen LogP contribution in [0.4, 0.5) is 19.0 Å². The van der Waals surface area contributed by atoms with Gasteiger partial charge in [-0.15, -0.1) is 0 Å². The standard InChI is InChI=1S/C30H34F3N5O/c1-19(18-38-15-12-22(13-16-38)21-5-7-23(8-6-21)29(39)37(3)4)17-26-20(2)35-14-11-24(26)25-9-10-27(34)36-28(25)30(31,32)33/h5-11,14,17,22H,12-13,15-16,18H2,1-4H3,(H2,34,36)/b19-17+. The summed E-state index contributed by atoms with van der Waals surface area (Å²) in [4.78, 5) is 24.0. The van der Waals surface area contributed by atoms with Crippen molar-refractivity contribution in [1.29, 1.82) is 0 Å². The van der Waals surface area contributed by atoms with Gasteiger partial charge in [0.1, 0.15) is 5.82 Å². The lowest BCUT2D eigenvalue weighted by molar-refractivity contribution is -0.140. The van der Waals surface area contributed by atoms with Gasteiger partial charge in [0.15, 0.2) is 5.69 Å². The Labute approximate surface area is 227 Å². The highest BCUT2D eigenvalue weighted by atomic mass is 19.4. The molecule has 2 N–H and O–H groups in total. The Kier molecular flexibility index (Phi) is 8.39. The van der Waals surface area contributed by atoms with Crippen LogP contribution in [0.5, 0.6) is 0 Å². The Morgan fingerprint density at radius 3 is 2.36 bits per heavy atom. The first kappa shape index (κ1) is 28.3. The summed E-state index contributed by atoms with van der Waals surface area (Å²) in [6, 6.07) is 12.2. The van der Waals surface area contributed by atoms with Gasteiger partial charge in [0.2, 0.25) is 0 Å². The third-order valence-electron chi connectivity index (χ3n) is 7.15. The lowest BCUT2D eigenvalue weighted by Crippen LogP contribution is -2.34. The van der Waals surface area contributed by atoms with Crippen LogP contribution in [0.1, 0.15) is 58.6 Å². The summed E-state index contributed by atoms with van der Waals surface area (Å²) in [6.07, 6.45) is 0.807. The molecule has 1 saturated heterocycles. The number of amides is 1. The van der Waals surface area contributed by atoms with Gasteiger partial charge in [-0.3, -0.25) is 14.7 Å². The molecule has 0 aliphatic carbocycles. The van der Waals surface area contributed by atoms with Crippen molar-refractivity contribution in [3.63, 3.8) is 0 Å². The summed E-state index contributed by atoms with van der Waals surface area (Å²) in [5.74, 6) is 0.250. The van der Waals surface area contributed by atoms with Crippen molar-refractivity contribution in [2.24, 2.45) is 0 Å². The van der Waals surface area contributed by atoms with Gasteiger partial charge in [0, 0.05) is 49.2 Å². The van der Waals surface area contributed by atoms with Crippen molar-refractivity contribution in [2.75, 3.05) is 39.5 Å². The first-order chi connectivity index (χ1) is 18.4. The lowest BCUT2D eigenvalue weighted by atomic mass is 9.88. The fourth-order valence-electron chi connectivity index (χ4n) is 5.13. The number of benzene rings is 1. The highest BCUT2D eigenvalue weighted by Gasteiger charge is 2.36. The van der Waals surface area contributed by atoms with Crippen LogP contribution in [0.15, 0.2) is 54.2 Å². The molecule has 206 valence electrons. The summed E-state index contributed by atoms with van der Waals surface area (Å²) in [5.41, 5.74) is 9.24. The zero-order valence-electron chi connectivity index (χ0n) is 22.7. The number of aromatic nitrogens is 2. The summed E-state index contributed by atoms with van der Waals surface area (Å²) in [6.45, 7) is 6.32. The molecular formula is C30H34F3N5O. The van der Waals surface area contributed by atoms with E-state index in [9.17, 15) is 18.0 Å². The molecule has 0 atom stereocenters. The molecule has 0 unspecified atom stereocenters. The quantitative estimate of drug-likeness (QED) is 0.415. The van der Waals surface area contributed by atoms with E-state index >= 15 is 0 Å². The number of rotatable bonds is 6. The van der Waals surface area contributed by atoms with Gasteiger partial charge < -0.3 is 10.6 Å². The Hall–Kier alpha value is -3.72. The maximum atomic E-state index is 13.8. The fraction of sp³-hybridized carbons (Fsp3) is 0.367. The van der Waals surface area contributed by atoms with Crippen LogP contribution in [-0.2, 0) is 6.18 Å². The number of alkyl halides is 3. The average Bonchev–Trinajstić information content (AvgIpc) is 2.89. The van der Waals surface area contributed by atoms with Crippen LogP contribution < -0.4 is 5.73 Å². The maximum absolute atomic E-state index is 13.8. The van der Waals surface area contributed by atoms with Gasteiger partial charge in [-0.2, -0.15) is 13.2 Å². The van der Waals surface area contributed by atoms with Gasteiger partial charge in [-0.1, -0.05) is 23.8 Å². The molecule has 4 rings (SSSR count). The molecule has 0 saturated carbocycles. The number of carbonyl (C=O) groups excluding carboxylic acids is 1. The highest BCUT2D eigenvalue weighted by Crippen LogP contribution is 2.38. The number of nitrogens with two attached hydrogens (primary N) is 1. The van der Waals surface area contributed by atoms with E-state index < -0.39 is 11.9 Å². The van der Waals surface area contributed by atoms with Crippen LogP contribution in [0, 0.1) is 6.92 Å². The number of carbonyl (C=O) groups is 1. The van der Waals surface area contributed by atoms with Crippen LogP contribution in [0.2, 0.25) is 0 Å². The normalized spacial score (nSPS) is 15.4. The third kappa shape index (κ3) is 6.65. The lowest BCUT2D eigenvalue weighted by Gasteiger charge is -2.32. The predicted octanol–water partition coefficient (Wildman–Crippen LogP) is 6.04.